The average Bonchev–Trinajstić information content (AvgIpc) is 1.94. The number of aliphatic hydroxyl groups is 1. The molecule has 0 aliphatic carbocycles. The summed E-state index contributed by atoms with van der Waals surface area (Å²) in [6.07, 6.45) is 0.412. The van der Waals surface area contributed by atoms with Crippen LogP contribution in [0.4, 0.5) is 0 Å². The van der Waals surface area contributed by atoms with Gasteiger partial charge in [-0.25, -0.2) is 0 Å². The molecule has 1 fully saturated rings. The molecule has 1 rings (SSSR count). The quantitative estimate of drug-likeness (QED) is 0.607. The standard InChI is InChI=1S/C10H18O2/c1-7(2)8-5-9(11)10(3,4)12-6-8/h8-9,11H,1,5-6H2,2-4H3. The van der Waals surface area contributed by atoms with Gasteiger partial charge in [0.1, 0.15) is 0 Å². The molecule has 2 nitrogen and oxygen atoms in total. The fraction of sp³-hybridized carbons (Fsp3) is 0.800. The SMILES string of the molecule is C=C(C)C1COC(C)(C)C(O)C1. The minimum absolute atomic E-state index is 0.327. The molecule has 1 aliphatic heterocycles. The van der Waals surface area contributed by atoms with Crippen LogP contribution < -0.4 is 0 Å². The van der Waals surface area contributed by atoms with E-state index in [4.69, 9.17) is 4.74 Å². The molecule has 2 atom stereocenters. The predicted octanol–water partition coefficient (Wildman–Crippen LogP) is 1.74. The fourth-order valence-corrected chi connectivity index (χ4v) is 1.38. The topological polar surface area (TPSA) is 29.5 Å². The van der Waals surface area contributed by atoms with Crippen LogP contribution in [0.15, 0.2) is 12.2 Å². The highest BCUT2D eigenvalue weighted by Gasteiger charge is 2.36. The lowest BCUT2D eigenvalue weighted by Crippen LogP contribution is -2.46. The summed E-state index contributed by atoms with van der Waals surface area (Å²) in [5.74, 6) is 0.327. The van der Waals surface area contributed by atoms with E-state index in [1.165, 1.54) is 0 Å². The molecule has 1 aliphatic rings. The van der Waals surface area contributed by atoms with Gasteiger partial charge in [0.25, 0.3) is 0 Å². The summed E-state index contributed by atoms with van der Waals surface area (Å²) >= 11 is 0. The van der Waals surface area contributed by atoms with Crippen molar-refractivity contribution in [1.29, 1.82) is 0 Å². The molecule has 1 N–H and O–H groups in total. The Balaban J connectivity index is 2.58. The molecule has 0 aromatic heterocycles. The van der Waals surface area contributed by atoms with Crippen LogP contribution in [-0.2, 0) is 4.74 Å². The van der Waals surface area contributed by atoms with Gasteiger partial charge in [-0.1, -0.05) is 12.2 Å². The van der Waals surface area contributed by atoms with Crippen LogP contribution in [-0.4, -0.2) is 23.4 Å². The van der Waals surface area contributed by atoms with Gasteiger partial charge in [0.2, 0.25) is 0 Å². The summed E-state index contributed by atoms with van der Waals surface area (Å²) in [6, 6.07) is 0. The van der Waals surface area contributed by atoms with E-state index in [1.54, 1.807) is 0 Å². The first-order chi connectivity index (χ1) is 5.43. The molecule has 12 heavy (non-hydrogen) atoms. The van der Waals surface area contributed by atoms with E-state index < -0.39 is 0 Å². The second-order valence-corrected chi connectivity index (χ2v) is 4.21. The molecule has 1 heterocycles. The molecule has 0 aromatic carbocycles. The molecule has 2 heteroatoms. The van der Waals surface area contributed by atoms with Crippen molar-refractivity contribution in [3.8, 4) is 0 Å². The van der Waals surface area contributed by atoms with Gasteiger partial charge in [0.15, 0.2) is 0 Å². The van der Waals surface area contributed by atoms with Gasteiger partial charge >= 0.3 is 0 Å². The molecule has 0 aromatic rings. The fourth-order valence-electron chi connectivity index (χ4n) is 1.38. The number of ether oxygens (including phenoxy) is 1. The summed E-state index contributed by atoms with van der Waals surface area (Å²) in [4.78, 5) is 0. The average molecular weight is 170 g/mol. The summed E-state index contributed by atoms with van der Waals surface area (Å²) in [5, 5.41) is 9.69. The highest BCUT2D eigenvalue weighted by atomic mass is 16.5. The molecule has 0 amide bonds. The third-order valence-electron chi connectivity index (χ3n) is 2.66. The lowest BCUT2D eigenvalue weighted by atomic mass is 9.85. The van der Waals surface area contributed by atoms with Gasteiger partial charge in [0.05, 0.1) is 18.3 Å². The summed E-state index contributed by atoms with van der Waals surface area (Å²) < 4.78 is 5.54. The third-order valence-corrected chi connectivity index (χ3v) is 2.66. The third kappa shape index (κ3) is 1.87. The van der Waals surface area contributed by atoms with Gasteiger partial charge in [0, 0.05) is 5.92 Å². The van der Waals surface area contributed by atoms with Crippen LogP contribution in [0.3, 0.4) is 0 Å². The largest absolute Gasteiger partial charge is 0.390 e. The van der Waals surface area contributed by atoms with E-state index in [9.17, 15) is 5.11 Å². The van der Waals surface area contributed by atoms with Gasteiger partial charge < -0.3 is 9.84 Å². The zero-order chi connectivity index (χ0) is 9.35. The van der Waals surface area contributed by atoms with Crippen molar-refractivity contribution in [1.82, 2.24) is 0 Å². The van der Waals surface area contributed by atoms with Crippen molar-refractivity contribution >= 4 is 0 Å². The molecule has 0 bridgehead atoms. The summed E-state index contributed by atoms with van der Waals surface area (Å²) in [5.41, 5.74) is 0.718. The van der Waals surface area contributed by atoms with Crippen molar-refractivity contribution in [3.63, 3.8) is 0 Å². The van der Waals surface area contributed by atoms with Crippen molar-refractivity contribution < 1.29 is 9.84 Å². The first-order valence-corrected chi connectivity index (χ1v) is 4.41. The molecule has 0 radical (unpaired) electrons. The van der Waals surface area contributed by atoms with Gasteiger partial charge in [-0.15, -0.1) is 0 Å². The van der Waals surface area contributed by atoms with E-state index in [0.717, 1.165) is 12.0 Å². The number of hydrogen-bond donors (Lipinski definition) is 1. The monoisotopic (exact) mass is 170 g/mol. The number of rotatable bonds is 1. The van der Waals surface area contributed by atoms with Crippen LogP contribution in [0, 0.1) is 5.92 Å². The predicted molar refractivity (Wildman–Crippen MR) is 49.0 cm³/mol. The maximum absolute atomic E-state index is 9.69. The first kappa shape index (κ1) is 9.75. The molecule has 2 unspecified atom stereocenters. The highest BCUT2D eigenvalue weighted by Crippen LogP contribution is 2.30. The molecule has 70 valence electrons. The first-order valence-electron chi connectivity index (χ1n) is 4.41. The van der Waals surface area contributed by atoms with Crippen molar-refractivity contribution in [2.75, 3.05) is 6.61 Å². The van der Waals surface area contributed by atoms with Gasteiger partial charge in [-0.05, 0) is 27.2 Å². The van der Waals surface area contributed by atoms with E-state index in [0.29, 0.717) is 12.5 Å². The Labute approximate surface area is 74.2 Å². The Morgan fingerprint density at radius 2 is 2.17 bits per heavy atom. The van der Waals surface area contributed by atoms with Gasteiger partial charge in [-0.3, -0.25) is 0 Å². The van der Waals surface area contributed by atoms with Crippen molar-refractivity contribution in [2.24, 2.45) is 5.92 Å². The molecule has 0 spiro atoms. The van der Waals surface area contributed by atoms with Crippen LogP contribution in [0.1, 0.15) is 27.2 Å². The number of hydrogen-bond acceptors (Lipinski definition) is 2. The summed E-state index contributed by atoms with van der Waals surface area (Å²) in [6.45, 7) is 10.4. The van der Waals surface area contributed by atoms with Crippen molar-refractivity contribution in [3.05, 3.63) is 12.2 Å². The Kier molecular flexibility index (Phi) is 2.59. The zero-order valence-corrected chi connectivity index (χ0v) is 8.13. The Hall–Kier alpha value is -0.340. The summed E-state index contributed by atoms with van der Waals surface area (Å²) in [7, 11) is 0. The van der Waals surface area contributed by atoms with Crippen molar-refractivity contribution in [2.45, 2.75) is 38.9 Å². The number of aliphatic hydroxyl groups excluding tert-OH is 1. The highest BCUT2D eigenvalue weighted by molar-refractivity contribution is 5.01. The maximum Gasteiger partial charge on any atom is 0.0884 e. The maximum atomic E-state index is 9.69. The van der Waals surface area contributed by atoms with Crippen LogP contribution in [0.5, 0.6) is 0 Å². The lowest BCUT2D eigenvalue weighted by Gasteiger charge is -2.39. The Morgan fingerprint density at radius 3 is 2.58 bits per heavy atom. The van der Waals surface area contributed by atoms with E-state index >= 15 is 0 Å². The second-order valence-electron chi connectivity index (χ2n) is 4.21. The van der Waals surface area contributed by atoms with E-state index in [1.807, 2.05) is 20.8 Å². The van der Waals surface area contributed by atoms with E-state index in [2.05, 4.69) is 6.58 Å². The minimum atomic E-state index is -0.383. The zero-order valence-electron chi connectivity index (χ0n) is 8.13. The van der Waals surface area contributed by atoms with Gasteiger partial charge in [-0.2, -0.15) is 0 Å². The molecule has 1 saturated heterocycles. The lowest BCUT2D eigenvalue weighted by molar-refractivity contribution is -0.146. The Bertz CT molecular complexity index is 184. The van der Waals surface area contributed by atoms with Crippen LogP contribution >= 0.6 is 0 Å². The normalized spacial score (nSPS) is 34.7. The molecule has 0 saturated carbocycles. The van der Waals surface area contributed by atoms with E-state index in [-0.39, 0.29) is 11.7 Å². The molecular weight excluding hydrogens is 152 g/mol. The van der Waals surface area contributed by atoms with Crippen LogP contribution in [0.25, 0.3) is 0 Å². The molecular formula is C10H18O2. The minimum Gasteiger partial charge on any atom is -0.390 e. The van der Waals surface area contributed by atoms with Crippen LogP contribution in [0.2, 0.25) is 0 Å². The Morgan fingerprint density at radius 1 is 1.58 bits per heavy atom. The smallest absolute Gasteiger partial charge is 0.0884 e. The second kappa shape index (κ2) is 3.19.